The van der Waals surface area contributed by atoms with Crippen molar-refractivity contribution in [3.05, 3.63) is 48.2 Å². The average molecular weight is 448 g/mol. The van der Waals surface area contributed by atoms with Crippen molar-refractivity contribution in [2.24, 2.45) is 7.05 Å². The molecule has 2 aliphatic rings. The molecule has 3 heterocycles. The van der Waals surface area contributed by atoms with Crippen molar-refractivity contribution in [2.45, 2.75) is 16.3 Å². The number of carbonyl (C=O) groups excluding carboxylic acids is 3. The summed E-state index contributed by atoms with van der Waals surface area (Å²) in [6.07, 6.45) is 1.53. The van der Waals surface area contributed by atoms with Gasteiger partial charge < -0.3 is 9.88 Å². The third-order valence-corrected chi connectivity index (χ3v) is 7.09. The van der Waals surface area contributed by atoms with Crippen molar-refractivity contribution in [1.29, 1.82) is 0 Å². The normalized spacial score (nSPS) is 20.9. The van der Waals surface area contributed by atoms with E-state index >= 15 is 0 Å². The number of carbonyl (C=O) groups is 3. The summed E-state index contributed by atoms with van der Waals surface area (Å²) in [6.45, 7) is 0. The Morgan fingerprint density at radius 3 is 2.76 bits per heavy atom. The molecule has 0 unspecified atom stereocenters. The van der Waals surface area contributed by atoms with Crippen LogP contribution in [0, 0.1) is 0 Å². The van der Waals surface area contributed by atoms with Crippen LogP contribution in [0.25, 0.3) is 5.57 Å². The van der Waals surface area contributed by atoms with E-state index in [0.717, 1.165) is 4.90 Å². The summed E-state index contributed by atoms with van der Waals surface area (Å²) in [4.78, 5) is 39.7. The van der Waals surface area contributed by atoms with Crippen LogP contribution in [0.2, 0.25) is 0 Å². The van der Waals surface area contributed by atoms with Crippen LogP contribution >= 0.6 is 36.2 Å². The van der Waals surface area contributed by atoms with Gasteiger partial charge in [0.15, 0.2) is 5.82 Å². The van der Waals surface area contributed by atoms with Gasteiger partial charge in [-0.3, -0.25) is 19.3 Å². The molecule has 1 aromatic heterocycles. The van der Waals surface area contributed by atoms with Gasteiger partial charge in [-0.1, -0.05) is 30.8 Å². The molecule has 1 N–H and O–H groups in total. The summed E-state index contributed by atoms with van der Waals surface area (Å²) >= 11 is 6.85. The van der Waals surface area contributed by atoms with Gasteiger partial charge in [-0.05, 0) is 12.1 Å². The molecule has 1 fully saturated rings. The predicted octanol–water partition coefficient (Wildman–Crippen LogP) is 1.17. The number of fused-ring (bicyclic) bond motifs is 1. The maximum Gasteiger partial charge on any atom is 0.253 e. The van der Waals surface area contributed by atoms with E-state index in [9.17, 15) is 14.4 Å². The number of nitrogens with one attached hydrogen (secondary N) is 1. The Hall–Kier alpha value is -2.24. The Morgan fingerprint density at radius 1 is 1.34 bits per heavy atom. The van der Waals surface area contributed by atoms with Gasteiger partial charge in [-0.15, -0.1) is 33.7 Å². The molecule has 2 atom stereocenters. The number of aryl methyl sites for hydroxylation is 1. The first kappa shape index (κ1) is 20.0. The summed E-state index contributed by atoms with van der Waals surface area (Å²) in [5.41, 5.74) is 0.825. The van der Waals surface area contributed by atoms with Crippen molar-refractivity contribution < 1.29 is 14.4 Å². The molecular weight excluding hydrogens is 430 g/mol. The molecular formula is C18H17N5O3S3. The Bertz CT molecular complexity index is 1010. The molecule has 0 spiro atoms. The summed E-state index contributed by atoms with van der Waals surface area (Å²) < 4.78 is 1.69. The van der Waals surface area contributed by atoms with Crippen molar-refractivity contribution >= 4 is 58.7 Å². The van der Waals surface area contributed by atoms with Crippen molar-refractivity contribution in [1.82, 2.24) is 25.0 Å². The molecule has 8 nitrogen and oxygen atoms in total. The molecule has 11 heteroatoms. The summed E-state index contributed by atoms with van der Waals surface area (Å²) in [5.74, 6) is 0.654. The zero-order valence-corrected chi connectivity index (χ0v) is 17.8. The maximum absolute atomic E-state index is 12.7. The Labute approximate surface area is 180 Å². The SMILES string of the molecule is Cn1cnnc1C1=C(C(=O)S)N2C(=O)[C@@H](NC(=O)CSc3ccccc3)[C@H]2SC1. The van der Waals surface area contributed by atoms with E-state index in [2.05, 4.69) is 28.1 Å². The standard InChI is InChI=1S/C18H17N5O3S3/c1-22-9-19-21-15(22)11-7-29-17-13(16(25)23(17)14(11)18(26)27)20-12(24)8-28-10-5-3-2-4-6-10/h2-6,9,13,17H,7-8H2,1H3,(H,20,24)(H,26,27)/t13-,17-/m1/s1. The molecule has 1 aromatic carbocycles. The van der Waals surface area contributed by atoms with Crippen LogP contribution < -0.4 is 5.32 Å². The Kier molecular flexibility index (Phi) is 5.70. The maximum atomic E-state index is 12.7. The molecule has 0 bridgehead atoms. The first-order chi connectivity index (χ1) is 14.0. The topological polar surface area (TPSA) is 97.2 Å². The van der Waals surface area contributed by atoms with Gasteiger partial charge in [0.1, 0.15) is 23.4 Å². The summed E-state index contributed by atoms with van der Waals surface area (Å²) in [5, 5.41) is 9.84. The van der Waals surface area contributed by atoms with Gasteiger partial charge in [0.05, 0.1) is 5.75 Å². The first-order valence-corrected chi connectivity index (χ1v) is 11.2. The quantitative estimate of drug-likeness (QED) is 0.390. The van der Waals surface area contributed by atoms with Gasteiger partial charge in [-0.25, -0.2) is 0 Å². The number of hydrogen-bond acceptors (Lipinski definition) is 7. The van der Waals surface area contributed by atoms with E-state index in [1.807, 2.05) is 30.3 Å². The summed E-state index contributed by atoms with van der Waals surface area (Å²) in [6, 6.07) is 8.91. The second-order valence-corrected chi connectivity index (χ2v) is 9.01. The fraction of sp³-hybridized carbons (Fsp3) is 0.278. The highest BCUT2D eigenvalue weighted by atomic mass is 32.2. The van der Waals surface area contributed by atoms with Crippen LogP contribution in [-0.2, 0) is 21.4 Å². The minimum atomic E-state index is -0.660. The van der Waals surface area contributed by atoms with Crippen LogP contribution in [0.5, 0.6) is 0 Å². The second-order valence-electron chi connectivity index (χ2n) is 6.45. The average Bonchev–Trinajstić information content (AvgIpc) is 3.15. The van der Waals surface area contributed by atoms with Crippen LogP contribution in [0.4, 0.5) is 0 Å². The lowest BCUT2D eigenvalue weighted by Crippen LogP contribution is -2.70. The molecule has 29 heavy (non-hydrogen) atoms. The zero-order valence-electron chi connectivity index (χ0n) is 15.3. The van der Waals surface area contributed by atoms with Gasteiger partial charge >= 0.3 is 0 Å². The van der Waals surface area contributed by atoms with Crippen LogP contribution in [-0.4, -0.2) is 59.5 Å². The van der Waals surface area contributed by atoms with Crippen LogP contribution in [0.15, 0.2) is 47.3 Å². The lowest BCUT2D eigenvalue weighted by atomic mass is 10.0. The second kappa shape index (κ2) is 8.25. The van der Waals surface area contributed by atoms with Gasteiger partial charge in [0.2, 0.25) is 11.0 Å². The summed E-state index contributed by atoms with van der Waals surface area (Å²) in [7, 11) is 1.77. The molecule has 0 aliphatic carbocycles. The molecule has 2 aliphatic heterocycles. The van der Waals surface area contributed by atoms with Crippen LogP contribution in [0.3, 0.4) is 0 Å². The first-order valence-electron chi connectivity index (χ1n) is 8.70. The molecule has 2 aromatic rings. The van der Waals surface area contributed by atoms with E-state index in [0.29, 0.717) is 17.2 Å². The van der Waals surface area contributed by atoms with Crippen molar-refractivity contribution in [2.75, 3.05) is 11.5 Å². The van der Waals surface area contributed by atoms with Gasteiger partial charge in [0.25, 0.3) is 5.91 Å². The smallest absolute Gasteiger partial charge is 0.253 e. The minimum Gasteiger partial charge on any atom is -0.341 e. The Balaban J connectivity index is 1.46. The van der Waals surface area contributed by atoms with E-state index in [1.165, 1.54) is 34.8 Å². The fourth-order valence-corrected chi connectivity index (χ4v) is 5.54. The number of amides is 2. The highest BCUT2D eigenvalue weighted by Crippen LogP contribution is 2.43. The van der Waals surface area contributed by atoms with E-state index < -0.39 is 11.2 Å². The lowest BCUT2D eigenvalue weighted by molar-refractivity contribution is -0.146. The number of β-lactam (4-membered cyclic amide) rings is 1. The van der Waals surface area contributed by atoms with Gasteiger partial charge in [-0.2, -0.15) is 0 Å². The largest absolute Gasteiger partial charge is 0.341 e. The number of rotatable bonds is 6. The van der Waals surface area contributed by atoms with E-state index in [4.69, 9.17) is 0 Å². The van der Waals surface area contributed by atoms with Gasteiger partial charge in [0, 0.05) is 23.3 Å². The number of thiol groups is 1. The lowest BCUT2D eigenvalue weighted by Gasteiger charge is -2.49. The van der Waals surface area contributed by atoms with Crippen LogP contribution in [0.1, 0.15) is 5.82 Å². The molecule has 150 valence electrons. The predicted molar refractivity (Wildman–Crippen MR) is 114 cm³/mol. The molecule has 1 saturated heterocycles. The minimum absolute atomic E-state index is 0.211. The number of nitrogens with zero attached hydrogens (tertiary/aromatic N) is 4. The highest BCUT2D eigenvalue weighted by Gasteiger charge is 2.54. The third kappa shape index (κ3) is 3.81. The van der Waals surface area contributed by atoms with Crippen molar-refractivity contribution in [3.63, 3.8) is 0 Å². The molecule has 4 rings (SSSR count). The number of aromatic nitrogens is 3. The number of hydrogen-bond donors (Lipinski definition) is 2. The molecule has 0 saturated carbocycles. The third-order valence-electron chi connectivity index (χ3n) is 4.58. The number of benzene rings is 1. The zero-order chi connectivity index (χ0) is 20.5. The van der Waals surface area contributed by atoms with Crippen molar-refractivity contribution in [3.8, 4) is 0 Å². The molecule has 2 amide bonds. The fourth-order valence-electron chi connectivity index (χ4n) is 3.23. The highest BCUT2D eigenvalue weighted by molar-refractivity contribution is 8.00. The molecule has 0 radical (unpaired) electrons. The van der Waals surface area contributed by atoms with E-state index in [1.54, 1.807) is 11.6 Å². The Morgan fingerprint density at radius 2 is 2.10 bits per heavy atom. The monoisotopic (exact) mass is 447 g/mol. The number of thioether (sulfide) groups is 2. The van der Waals surface area contributed by atoms with E-state index in [-0.39, 0.29) is 28.6 Å².